The van der Waals surface area contributed by atoms with Gasteiger partial charge in [-0.1, -0.05) is 11.6 Å². The van der Waals surface area contributed by atoms with Gasteiger partial charge >= 0.3 is 0 Å². The zero-order valence-corrected chi connectivity index (χ0v) is 15.5. The lowest BCUT2D eigenvalue weighted by Crippen LogP contribution is -2.32. The molecular weight excluding hydrogens is 360 g/mol. The maximum Gasteiger partial charge on any atom is 0.205 e. The number of fused-ring (bicyclic) bond motifs is 1. The highest BCUT2D eigenvalue weighted by Crippen LogP contribution is 2.41. The number of rotatable bonds is 3. The molecular formula is C17H17ClN4S2. The smallest absolute Gasteiger partial charge is 0.205 e. The molecule has 7 heteroatoms. The van der Waals surface area contributed by atoms with Crippen LogP contribution in [-0.4, -0.2) is 27.4 Å². The van der Waals surface area contributed by atoms with Crippen molar-refractivity contribution in [3.63, 3.8) is 0 Å². The zero-order chi connectivity index (χ0) is 16.1. The summed E-state index contributed by atoms with van der Waals surface area (Å²) in [6.07, 6.45) is 4.79. The number of piperidine rings is 1. The van der Waals surface area contributed by atoms with Gasteiger partial charge in [0.2, 0.25) is 5.13 Å². The summed E-state index contributed by atoms with van der Waals surface area (Å²) in [4.78, 5) is 12.0. The number of aromatic nitrogens is 3. The summed E-state index contributed by atoms with van der Waals surface area (Å²) in [5, 5.41) is 3.12. The van der Waals surface area contributed by atoms with Gasteiger partial charge in [-0.3, -0.25) is 0 Å². The van der Waals surface area contributed by atoms with E-state index in [2.05, 4.69) is 15.3 Å². The standard InChI is InChI=1S/C17H17ClN4S2/c18-12-3-4-14-13(9-12)19-16(23-14)11-5-7-22(8-6-11)17-20-15(21-24-17)10-1-2-10/h3-4,9-11H,1-2,5-8H2. The van der Waals surface area contributed by atoms with Gasteiger partial charge in [0.1, 0.15) is 5.82 Å². The molecule has 0 spiro atoms. The van der Waals surface area contributed by atoms with Crippen LogP contribution in [0.4, 0.5) is 5.13 Å². The fraction of sp³-hybridized carbons (Fsp3) is 0.471. The molecule has 2 fully saturated rings. The van der Waals surface area contributed by atoms with Gasteiger partial charge in [-0.2, -0.15) is 4.37 Å². The number of nitrogens with zero attached hydrogens (tertiary/aromatic N) is 4. The lowest BCUT2D eigenvalue weighted by Gasteiger charge is -2.30. The molecule has 124 valence electrons. The van der Waals surface area contributed by atoms with Crippen LogP contribution in [0.2, 0.25) is 5.02 Å². The molecule has 2 aromatic heterocycles. The molecule has 1 saturated carbocycles. The largest absolute Gasteiger partial charge is 0.347 e. The minimum atomic E-state index is 0.549. The molecule has 1 aliphatic heterocycles. The predicted molar refractivity (Wildman–Crippen MR) is 101 cm³/mol. The average molecular weight is 377 g/mol. The quantitative estimate of drug-likeness (QED) is 0.640. The van der Waals surface area contributed by atoms with Gasteiger partial charge in [-0.25, -0.2) is 9.97 Å². The second kappa shape index (κ2) is 5.93. The molecule has 1 saturated heterocycles. The van der Waals surface area contributed by atoms with Crippen molar-refractivity contribution in [1.29, 1.82) is 0 Å². The normalized spacial score (nSPS) is 19.3. The number of benzene rings is 1. The van der Waals surface area contributed by atoms with Crippen LogP contribution in [0, 0.1) is 0 Å². The van der Waals surface area contributed by atoms with Crippen LogP contribution in [0.25, 0.3) is 10.2 Å². The van der Waals surface area contributed by atoms with E-state index in [0.717, 1.165) is 47.4 Å². The van der Waals surface area contributed by atoms with E-state index >= 15 is 0 Å². The van der Waals surface area contributed by atoms with Crippen LogP contribution in [0.1, 0.15) is 48.4 Å². The topological polar surface area (TPSA) is 41.9 Å². The van der Waals surface area contributed by atoms with Gasteiger partial charge < -0.3 is 4.90 Å². The van der Waals surface area contributed by atoms with Crippen molar-refractivity contribution in [3.8, 4) is 0 Å². The van der Waals surface area contributed by atoms with Crippen molar-refractivity contribution < 1.29 is 0 Å². The van der Waals surface area contributed by atoms with Gasteiger partial charge in [-0.15, -0.1) is 11.3 Å². The highest BCUT2D eigenvalue weighted by atomic mass is 35.5. The third-order valence-corrected chi connectivity index (χ3v) is 7.08. The van der Waals surface area contributed by atoms with Gasteiger partial charge in [0.15, 0.2) is 0 Å². The molecule has 0 bridgehead atoms. The van der Waals surface area contributed by atoms with E-state index in [4.69, 9.17) is 21.6 Å². The molecule has 24 heavy (non-hydrogen) atoms. The van der Waals surface area contributed by atoms with Crippen molar-refractivity contribution in [1.82, 2.24) is 14.3 Å². The Morgan fingerprint density at radius 1 is 1.04 bits per heavy atom. The van der Waals surface area contributed by atoms with Crippen LogP contribution in [0.3, 0.4) is 0 Å². The van der Waals surface area contributed by atoms with Crippen LogP contribution in [0.15, 0.2) is 18.2 Å². The minimum absolute atomic E-state index is 0.549. The van der Waals surface area contributed by atoms with Crippen molar-refractivity contribution in [2.75, 3.05) is 18.0 Å². The second-order valence-corrected chi connectivity index (χ2v) is 8.86. The van der Waals surface area contributed by atoms with Crippen molar-refractivity contribution in [3.05, 3.63) is 34.1 Å². The summed E-state index contributed by atoms with van der Waals surface area (Å²) in [5.41, 5.74) is 1.03. The van der Waals surface area contributed by atoms with Crippen LogP contribution in [0.5, 0.6) is 0 Å². The van der Waals surface area contributed by atoms with E-state index in [1.165, 1.54) is 22.5 Å². The molecule has 1 aromatic carbocycles. The first-order valence-corrected chi connectivity index (χ1v) is 10.4. The van der Waals surface area contributed by atoms with Gasteiger partial charge in [-0.05, 0) is 43.9 Å². The Labute approximate surface area is 153 Å². The first-order valence-electron chi connectivity index (χ1n) is 8.41. The lowest BCUT2D eigenvalue weighted by atomic mass is 9.98. The Morgan fingerprint density at radius 2 is 1.88 bits per heavy atom. The lowest BCUT2D eigenvalue weighted by molar-refractivity contribution is 0.503. The maximum absolute atomic E-state index is 6.08. The highest BCUT2D eigenvalue weighted by molar-refractivity contribution is 7.18. The molecule has 2 aliphatic rings. The van der Waals surface area contributed by atoms with E-state index in [0.29, 0.717) is 11.8 Å². The fourth-order valence-corrected chi connectivity index (χ4v) is 5.35. The predicted octanol–water partition coefficient (Wildman–Crippen LogP) is 5.06. The van der Waals surface area contributed by atoms with Crippen molar-refractivity contribution >= 4 is 49.8 Å². The number of hydrogen-bond acceptors (Lipinski definition) is 6. The summed E-state index contributed by atoms with van der Waals surface area (Å²) in [6, 6.07) is 5.99. The Balaban J connectivity index is 1.29. The molecule has 0 unspecified atom stereocenters. The van der Waals surface area contributed by atoms with Crippen LogP contribution >= 0.6 is 34.5 Å². The van der Waals surface area contributed by atoms with Crippen molar-refractivity contribution in [2.45, 2.75) is 37.5 Å². The molecule has 4 nitrogen and oxygen atoms in total. The van der Waals surface area contributed by atoms with E-state index in [1.54, 1.807) is 11.5 Å². The number of halogens is 1. The second-order valence-electron chi connectivity index (χ2n) is 6.63. The Kier molecular flexibility index (Phi) is 3.72. The molecule has 5 rings (SSSR count). The molecule has 3 aromatic rings. The summed E-state index contributed by atoms with van der Waals surface area (Å²) in [5.74, 6) is 2.26. The molecule has 1 aliphatic carbocycles. The van der Waals surface area contributed by atoms with E-state index < -0.39 is 0 Å². The number of anilines is 1. The Hall–Kier alpha value is -1.24. The Morgan fingerprint density at radius 3 is 2.67 bits per heavy atom. The summed E-state index contributed by atoms with van der Waals surface area (Å²) >= 11 is 9.45. The summed E-state index contributed by atoms with van der Waals surface area (Å²) < 4.78 is 5.77. The van der Waals surface area contributed by atoms with Crippen molar-refractivity contribution in [2.24, 2.45) is 0 Å². The molecule has 0 amide bonds. The minimum Gasteiger partial charge on any atom is -0.347 e. The molecule has 0 atom stereocenters. The summed E-state index contributed by atoms with van der Waals surface area (Å²) in [6.45, 7) is 2.08. The Bertz CT molecular complexity index is 878. The molecule has 3 heterocycles. The third-order valence-electron chi connectivity index (χ3n) is 4.85. The van der Waals surface area contributed by atoms with Gasteiger partial charge in [0.25, 0.3) is 0 Å². The highest BCUT2D eigenvalue weighted by Gasteiger charge is 2.30. The van der Waals surface area contributed by atoms with E-state index in [9.17, 15) is 0 Å². The SMILES string of the molecule is Clc1ccc2sc(C3CCN(c4nc(C5CC5)ns4)CC3)nc2c1. The average Bonchev–Trinajstić information content (AvgIpc) is 3.18. The third kappa shape index (κ3) is 2.80. The van der Waals surface area contributed by atoms with E-state index in [-0.39, 0.29) is 0 Å². The van der Waals surface area contributed by atoms with Gasteiger partial charge in [0.05, 0.1) is 15.2 Å². The van der Waals surface area contributed by atoms with Crippen LogP contribution in [-0.2, 0) is 0 Å². The van der Waals surface area contributed by atoms with E-state index in [1.807, 2.05) is 23.5 Å². The summed E-state index contributed by atoms with van der Waals surface area (Å²) in [7, 11) is 0. The van der Waals surface area contributed by atoms with Gasteiger partial charge in [0, 0.05) is 41.5 Å². The fourth-order valence-electron chi connectivity index (χ4n) is 3.27. The zero-order valence-electron chi connectivity index (χ0n) is 13.1. The first kappa shape index (κ1) is 15.0. The number of hydrogen-bond donors (Lipinski definition) is 0. The molecule has 0 radical (unpaired) electrons. The first-order chi connectivity index (χ1) is 11.8. The monoisotopic (exact) mass is 376 g/mol. The molecule has 0 N–H and O–H groups in total. The van der Waals surface area contributed by atoms with Crippen LogP contribution < -0.4 is 4.90 Å². The number of thiazole rings is 1. The maximum atomic E-state index is 6.08.